The van der Waals surface area contributed by atoms with E-state index >= 15 is 0 Å². The van der Waals surface area contributed by atoms with Crippen LogP contribution in [-0.4, -0.2) is 34.6 Å². The van der Waals surface area contributed by atoms with E-state index in [0.717, 1.165) is 22.5 Å². The SMILES string of the molecule is COc1ccc([C@H]2c3sc(=O)n(CC(=O)Nc4ccc(Cl)cc4)c3SC3C(=O)N(c4ccc(C)cc4)C(=O)C32)cc1. The van der Waals surface area contributed by atoms with Gasteiger partial charge >= 0.3 is 4.87 Å². The topological polar surface area (TPSA) is 97.7 Å². The van der Waals surface area contributed by atoms with Crippen LogP contribution < -0.4 is 19.8 Å². The fourth-order valence-corrected chi connectivity index (χ4v) is 8.15. The summed E-state index contributed by atoms with van der Waals surface area (Å²) in [5.74, 6) is -1.66. The van der Waals surface area contributed by atoms with E-state index in [-0.39, 0.29) is 23.2 Å². The van der Waals surface area contributed by atoms with Crippen LogP contribution in [0.3, 0.4) is 0 Å². The number of hydrogen-bond donors (Lipinski definition) is 1. The monoisotopic (exact) mass is 605 g/mol. The number of methoxy groups -OCH3 is 1. The normalized spacial score (nSPS) is 19.6. The Balaban J connectivity index is 1.40. The van der Waals surface area contributed by atoms with Gasteiger partial charge in [-0.05, 0) is 61.0 Å². The fraction of sp³-hybridized carbons (Fsp3) is 0.200. The van der Waals surface area contributed by atoms with Gasteiger partial charge in [0.05, 0.1) is 23.7 Å². The lowest BCUT2D eigenvalue weighted by Gasteiger charge is -2.30. The Morgan fingerprint density at radius 1 is 0.951 bits per heavy atom. The van der Waals surface area contributed by atoms with Gasteiger partial charge in [-0.1, -0.05) is 64.5 Å². The molecule has 1 fully saturated rings. The Kier molecular flexibility index (Phi) is 7.23. The van der Waals surface area contributed by atoms with E-state index in [0.29, 0.717) is 32.1 Å². The first kappa shape index (κ1) is 27.3. The zero-order valence-electron chi connectivity index (χ0n) is 22.0. The summed E-state index contributed by atoms with van der Waals surface area (Å²) in [4.78, 5) is 55.6. The second kappa shape index (κ2) is 10.8. The number of nitrogens with zero attached hydrogens (tertiary/aromatic N) is 2. The fourth-order valence-electron chi connectivity index (χ4n) is 5.25. The number of nitrogens with one attached hydrogen (secondary N) is 1. The Labute approximate surface area is 248 Å². The van der Waals surface area contributed by atoms with Crippen molar-refractivity contribution in [1.82, 2.24) is 4.57 Å². The minimum atomic E-state index is -0.761. The number of thiazole rings is 1. The summed E-state index contributed by atoms with van der Waals surface area (Å²) < 4.78 is 6.72. The number of benzene rings is 3. The van der Waals surface area contributed by atoms with E-state index in [9.17, 15) is 19.2 Å². The Hall–Kier alpha value is -3.86. The number of carbonyl (C=O) groups is 3. The second-order valence-electron chi connectivity index (χ2n) is 9.84. The Morgan fingerprint density at radius 3 is 2.29 bits per heavy atom. The highest BCUT2D eigenvalue weighted by Crippen LogP contribution is 2.54. The van der Waals surface area contributed by atoms with Crippen molar-refractivity contribution in [3.63, 3.8) is 0 Å². The van der Waals surface area contributed by atoms with Gasteiger partial charge in [-0.3, -0.25) is 23.7 Å². The molecule has 8 nitrogen and oxygen atoms in total. The summed E-state index contributed by atoms with van der Waals surface area (Å²) in [6.07, 6.45) is 0. The van der Waals surface area contributed by atoms with Crippen molar-refractivity contribution in [3.8, 4) is 5.75 Å². The molecule has 0 saturated carbocycles. The molecule has 0 bridgehead atoms. The predicted molar refractivity (Wildman–Crippen MR) is 160 cm³/mol. The number of thioether (sulfide) groups is 1. The van der Waals surface area contributed by atoms with Gasteiger partial charge in [0.2, 0.25) is 17.7 Å². The van der Waals surface area contributed by atoms with E-state index in [4.69, 9.17) is 16.3 Å². The summed E-state index contributed by atoms with van der Waals surface area (Å²) in [5, 5.41) is 3.09. The van der Waals surface area contributed by atoms with E-state index in [1.54, 1.807) is 55.6 Å². The van der Waals surface area contributed by atoms with E-state index in [1.807, 2.05) is 31.2 Å². The van der Waals surface area contributed by atoms with Crippen LogP contribution in [-0.2, 0) is 20.9 Å². The van der Waals surface area contributed by atoms with Crippen LogP contribution in [0, 0.1) is 12.8 Å². The van der Waals surface area contributed by atoms with Gasteiger partial charge < -0.3 is 10.1 Å². The highest BCUT2D eigenvalue weighted by atomic mass is 35.5. The molecule has 3 amide bonds. The van der Waals surface area contributed by atoms with Crippen molar-refractivity contribution in [2.75, 3.05) is 17.3 Å². The number of aromatic nitrogens is 1. The van der Waals surface area contributed by atoms with Gasteiger partial charge in [0.1, 0.15) is 17.5 Å². The second-order valence-corrected chi connectivity index (χ2v) is 12.4. The molecule has 4 aromatic rings. The summed E-state index contributed by atoms with van der Waals surface area (Å²) in [6.45, 7) is 1.70. The molecule has 1 aromatic heterocycles. The molecule has 1 N–H and O–H groups in total. The molecular formula is C30H24ClN3O5S2. The maximum Gasteiger partial charge on any atom is 0.308 e. The molecule has 11 heteroatoms. The maximum atomic E-state index is 14.0. The van der Waals surface area contributed by atoms with Crippen molar-refractivity contribution in [1.29, 1.82) is 0 Å². The zero-order valence-corrected chi connectivity index (χ0v) is 24.4. The smallest absolute Gasteiger partial charge is 0.308 e. The molecule has 0 spiro atoms. The van der Waals surface area contributed by atoms with Gasteiger partial charge in [0, 0.05) is 21.5 Å². The molecule has 0 aliphatic carbocycles. The average Bonchev–Trinajstić information content (AvgIpc) is 3.41. The highest BCUT2D eigenvalue weighted by molar-refractivity contribution is 8.00. The van der Waals surface area contributed by atoms with E-state index in [1.165, 1.54) is 21.2 Å². The maximum absolute atomic E-state index is 14.0. The minimum Gasteiger partial charge on any atom is -0.497 e. The number of amides is 3. The molecule has 3 heterocycles. The summed E-state index contributed by atoms with van der Waals surface area (Å²) in [5.41, 5.74) is 2.86. The first-order chi connectivity index (χ1) is 19.7. The lowest BCUT2D eigenvalue weighted by molar-refractivity contribution is -0.122. The Bertz CT molecular complexity index is 1720. The van der Waals surface area contributed by atoms with Crippen LogP contribution in [0.25, 0.3) is 0 Å². The van der Waals surface area contributed by atoms with Crippen molar-refractivity contribution < 1.29 is 19.1 Å². The standard InChI is InChI=1S/C30H24ClN3O5S2/c1-16-3-11-20(12-4-16)34-27(36)24-23(17-5-13-21(39-2)14-6-17)26-29(40-25(24)28(34)37)33(30(38)41-26)15-22(35)32-19-9-7-18(31)8-10-19/h3-14,23-25H,15H2,1-2H3,(H,32,35)/t23-,24?,25?/m1/s1. The third-order valence-electron chi connectivity index (χ3n) is 7.25. The number of anilines is 2. The molecule has 2 aliphatic heterocycles. The van der Waals surface area contributed by atoms with Crippen LogP contribution >= 0.6 is 34.7 Å². The third kappa shape index (κ3) is 4.96. The number of halogens is 1. The lowest BCUT2D eigenvalue weighted by Crippen LogP contribution is -2.33. The van der Waals surface area contributed by atoms with Crippen LogP contribution in [0.5, 0.6) is 5.75 Å². The van der Waals surface area contributed by atoms with Gasteiger partial charge in [0.25, 0.3) is 0 Å². The molecule has 3 aromatic carbocycles. The van der Waals surface area contributed by atoms with Crippen molar-refractivity contribution >= 4 is 63.8 Å². The summed E-state index contributed by atoms with van der Waals surface area (Å²) in [6, 6.07) is 21.2. The summed E-state index contributed by atoms with van der Waals surface area (Å²) >= 11 is 8.14. The molecule has 3 atom stereocenters. The number of aryl methyl sites for hydroxylation is 1. The lowest BCUT2D eigenvalue weighted by atomic mass is 9.83. The molecule has 41 heavy (non-hydrogen) atoms. The highest BCUT2D eigenvalue weighted by Gasteiger charge is 2.56. The van der Waals surface area contributed by atoms with Crippen LogP contribution in [0.2, 0.25) is 5.02 Å². The molecule has 208 valence electrons. The molecule has 6 rings (SSSR count). The van der Waals surface area contributed by atoms with Crippen molar-refractivity contribution in [2.45, 2.75) is 29.7 Å². The van der Waals surface area contributed by atoms with E-state index in [2.05, 4.69) is 5.32 Å². The molecule has 1 saturated heterocycles. The minimum absolute atomic E-state index is 0.239. The molecule has 2 aliphatic rings. The first-order valence-electron chi connectivity index (χ1n) is 12.8. The first-order valence-corrected chi connectivity index (χ1v) is 14.9. The largest absolute Gasteiger partial charge is 0.497 e. The molecular weight excluding hydrogens is 582 g/mol. The number of hydrogen-bond acceptors (Lipinski definition) is 7. The van der Waals surface area contributed by atoms with Crippen LogP contribution in [0.4, 0.5) is 11.4 Å². The molecule has 0 radical (unpaired) electrons. The number of carbonyl (C=O) groups excluding carboxylic acids is 3. The van der Waals surface area contributed by atoms with Gasteiger partial charge in [-0.15, -0.1) is 0 Å². The van der Waals surface area contributed by atoms with Crippen molar-refractivity contribution in [2.24, 2.45) is 5.92 Å². The van der Waals surface area contributed by atoms with Crippen LogP contribution in [0.15, 0.2) is 82.6 Å². The number of imide groups is 1. The van der Waals surface area contributed by atoms with Crippen molar-refractivity contribution in [3.05, 3.63) is 103 Å². The number of fused-ring (bicyclic) bond motifs is 2. The molecule has 2 unspecified atom stereocenters. The summed E-state index contributed by atoms with van der Waals surface area (Å²) in [7, 11) is 1.57. The van der Waals surface area contributed by atoms with E-state index < -0.39 is 23.0 Å². The predicted octanol–water partition coefficient (Wildman–Crippen LogP) is 5.31. The number of rotatable bonds is 6. The van der Waals surface area contributed by atoms with Gasteiger partial charge in [-0.2, -0.15) is 0 Å². The van der Waals surface area contributed by atoms with Gasteiger partial charge in [0.15, 0.2) is 0 Å². The Morgan fingerprint density at radius 2 is 1.63 bits per heavy atom. The average molecular weight is 606 g/mol. The quantitative estimate of drug-likeness (QED) is 0.299. The van der Waals surface area contributed by atoms with Gasteiger partial charge in [-0.25, -0.2) is 4.90 Å². The number of ether oxygens (including phenoxy) is 1. The zero-order chi connectivity index (χ0) is 28.8. The third-order valence-corrected chi connectivity index (χ3v) is 10.1. The van der Waals surface area contributed by atoms with Crippen LogP contribution in [0.1, 0.15) is 21.9 Å².